The SMILES string of the molecule is CCCCCCCCOc1ccc(C(=O)Oc2ccc(C(=O)Oc3cccc(OC(=O)c4ccc(OC(=O)c5ccc(OCCCCCCCCCC[Si](C)(C)O[Si](C)(C)O[Si](C)(C)CCCCCCCCCCOc6ccc(C(=O)Oc7ccc(C(=O)Oc8cccc(OC(=O)c9ccc(OC(=O)c%10ccc(OCCCCCCCC)cc%10)cc9)c8)cc7)cc6)cc5)cc4)c3)cc2)cc1. The molecule has 10 aromatic carbocycles. The van der Waals surface area contributed by atoms with Crippen molar-refractivity contribution < 1.29 is 103 Å². The van der Waals surface area contributed by atoms with Gasteiger partial charge in [0.25, 0.3) is 0 Å². The Labute approximate surface area is 799 Å². The van der Waals surface area contributed by atoms with Crippen LogP contribution in [-0.4, -0.2) is 99.4 Å². The first kappa shape index (κ1) is 105. The zero-order chi connectivity index (χ0) is 95.9. The number of hydrogen-bond acceptors (Lipinski definition) is 22. The summed E-state index contributed by atoms with van der Waals surface area (Å²) in [7, 11) is -6.10. The van der Waals surface area contributed by atoms with Crippen LogP contribution in [0.4, 0.5) is 0 Å². The number of benzene rings is 10. The van der Waals surface area contributed by atoms with Gasteiger partial charge in [-0.1, -0.05) is 180 Å². The van der Waals surface area contributed by atoms with Crippen molar-refractivity contribution >= 4 is 73.0 Å². The van der Waals surface area contributed by atoms with Gasteiger partial charge in [0.2, 0.25) is 0 Å². The van der Waals surface area contributed by atoms with Crippen molar-refractivity contribution in [3.8, 4) is 69.0 Å². The van der Waals surface area contributed by atoms with E-state index in [4.69, 9.17) is 65.1 Å². The maximum Gasteiger partial charge on any atom is 0.343 e. The molecule has 0 N–H and O–H groups in total. The van der Waals surface area contributed by atoms with Gasteiger partial charge in [-0.05, 0) is 295 Å². The highest BCUT2D eigenvalue weighted by molar-refractivity contribution is 6.87. The number of hydrogen-bond donors (Lipinski definition) is 0. The number of ether oxygens (including phenoxy) is 12. The highest BCUT2D eigenvalue weighted by Gasteiger charge is 2.39. The Balaban J connectivity index is 0.497. The topological polar surface area (TPSA) is 266 Å². The summed E-state index contributed by atoms with van der Waals surface area (Å²) in [5.74, 6) is -0.679. The van der Waals surface area contributed by atoms with Crippen molar-refractivity contribution in [1.29, 1.82) is 0 Å². The van der Waals surface area contributed by atoms with Crippen molar-refractivity contribution in [1.82, 2.24) is 0 Å². The zero-order valence-electron chi connectivity index (χ0n) is 79.6. The van der Waals surface area contributed by atoms with Crippen molar-refractivity contribution in [2.45, 2.75) is 245 Å². The number of rotatable bonds is 60. The molecule has 0 saturated heterocycles. The summed E-state index contributed by atoms with van der Waals surface area (Å²) in [4.78, 5) is 104. The van der Waals surface area contributed by atoms with Crippen LogP contribution in [0.25, 0.3) is 0 Å². The molecule has 10 rings (SSSR count). The van der Waals surface area contributed by atoms with E-state index < -0.39 is 73.0 Å². The number of carbonyl (C=O) groups is 8. The van der Waals surface area contributed by atoms with Gasteiger partial charge < -0.3 is 65.1 Å². The van der Waals surface area contributed by atoms with Gasteiger partial charge >= 0.3 is 56.3 Å². The normalized spacial score (nSPS) is 11.4. The minimum absolute atomic E-state index is 0.138. The summed E-state index contributed by atoms with van der Waals surface area (Å²) < 4.78 is 82.2. The molecule has 0 spiro atoms. The van der Waals surface area contributed by atoms with Crippen molar-refractivity contribution in [2.75, 3.05) is 26.4 Å². The van der Waals surface area contributed by atoms with E-state index in [9.17, 15) is 38.4 Å². The Bertz CT molecular complexity index is 4990. The van der Waals surface area contributed by atoms with Crippen molar-refractivity contribution in [3.05, 3.63) is 287 Å². The fourth-order valence-corrected chi connectivity index (χ4v) is 29.5. The summed E-state index contributed by atoms with van der Waals surface area (Å²) in [6.07, 6.45) is 32.5. The third-order valence-corrected chi connectivity index (χ3v) is 33.9. The molecule has 0 aliphatic heterocycles. The molecule has 0 aliphatic rings. The van der Waals surface area contributed by atoms with Crippen LogP contribution in [0.3, 0.4) is 0 Å². The molecule has 0 aromatic heterocycles. The van der Waals surface area contributed by atoms with Crippen LogP contribution in [0, 0.1) is 0 Å². The highest BCUT2D eigenvalue weighted by atomic mass is 28.5. The quantitative estimate of drug-likeness (QED) is 0.0148. The van der Waals surface area contributed by atoms with Crippen LogP contribution >= 0.6 is 0 Å². The molecule has 10 aromatic rings. The van der Waals surface area contributed by atoms with Crippen LogP contribution in [0.5, 0.6) is 69.0 Å². The minimum Gasteiger partial charge on any atom is -0.494 e. The largest absolute Gasteiger partial charge is 0.494 e. The lowest BCUT2D eigenvalue weighted by Crippen LogP contribution is -2.52. The third kappa shape index (κ3) is 38.9. The molecular weight excluding hydrogens is 1760 g/mol. The predicted octanol–water partition coefficient (Wildman–Crippen LogP) is 27.8. The Hall–Kier alpha value is -12.3. The Morgan fingerprint density at radius 3 is 0.548 bits per heavy atom. The molecule has 22 nitrogen and oxygen atoms in total. The average Bonchev–Trinajstić information content (AvgIpc) is 0.836. The molecule has 0 aliphatic carbocycles. The van der Waals surface area contributed by atoms with Crippen LogP contribution < -0.4 is 56.8 Å². The predicted molar refractivity (Wildman–Crippen MR) is 531 cm³/mol. The van der Waals surface area contributed by atoms with Crippen LogP contribution in [-0.2, 0) is 8.23 Å². The van der Waals surface area contributed by atoms with Gasteiger partial charge in [0.15, 0.2) is 16.6 Å². The standard InChI is InChI=1S/C110H132O22Si3/c1-9-11-13-15-25-31-75-119-91-59-43-83(44-60-91)103(111)123-95-67-51-87(52-68-95)107(115)127-99-39-37-41-101(81-99)129-109(117)89-55-71-97(72-56-89)125-105(113)85-47-63-93(64-48-85)121-77-33-27-21-17-19-23-29-35-79-133(3,4)131-135(7,8)132-134(5,6)80-36-30-24-20-18-22-28-34-78-122-94-65-49-86(50-66-94)106(114)126-98-73-57-90(58-74-98)110(118)130-102-42-38-40-100(82-102)128-108(116)88-53-69-96(70-54-88)124-104(112)84-45-61-92(62-46-84)120-76-32-26-16-14-12-10-2/h37-74,81-82H,9-36,75-80H2,1-8H3. The van der Waals surface area contributed by atoms with E-state index in [2.05, 4.69) is 53.1 Å². The van der Waals surface area contributed by atoms with E-state index in [1.54, 1.807) is 133 Å². The second-order valence-electron chi connectivity index (χ2n) is 35.5. The second-order valence-corrected chi connectivity index (χ2v) is 47.9. The van der Waals surface area contributed by atoms with Gasteiger partial charge in [0, 0.05) is 12.1 Å². The van der Waals surface area contributed by atoms with Crippen molar-refractivity contribution in [2.24, 2.45) is 0 Å². The summed E-state index contributed by atoms with van der Waals surface area (Å²) in [6.45, 7) is 20.7. The van der Waals surface area contributed by atoms with Crippen molar-refractivity contribution in [3.63, 3.8) is 0 Å². The highest BCUT2D eigenvalue weighted by Crippen LogP contribution is 2.32. The maximum atomic E-state index is 13.2. The molecule has 0 unspecified atom stereocenters. The van der Waals surface area contributed by atoms with Gasteiger partial charge in [-0.15, -0.1) is 0 Å². The van der Waals surface area contributed by atoms with Gasteiger partial charge in [-0.25, -0.2) is 38.4 Å². The molecule has 716 valence electrons. The molecule has 0 fully saturated rings. The molecule has 0 amide bonds. The lowest BCUT2D eigenvalue weighted by molar-refractivity contribution is 0.0711. The van der Waals surface area contributed by atoms with E-state index >= 15 is 0 Å². The molecule has 0 saturated carbocycles. The average molecular weight is 1890 g/mol. The molecular formula is C110H132O22Si3. The van der Waals surface area contributed by atoms with E-state index in [-0.39, 0.29) is 68.2 Å². The second kappa shape index (κ2) is 56.2. The Morgan fingerprint density at radius 2 is 0.356 bits per heavy atom. The fourth-order valence-electron chi connectivity index (χ4n) is 15.3. The molecule has 0 heterocycles. The minimum atomic E-state index is -2.30. The Kier molecular flexibility index (Phi) is 43.6. The van der Waals surface area contributed by atoms with Gasteiger partial charge in [-0.2, -0.15) is 0 Å². The van der Waals surface area contributed by atoms with Crippen LogP contribution in [0.15, 0.2) is 243 Å². The van der Waals surface area contributed by atoms with E-state index in [0.717, 1.165) is 76.3 Å². The van der Waals surface area contributed by atoms with Gasteiger partial charge in [0.05, 0.1) is 70.9 Å². The summed E-state index contributed by atoms with van der Waals surface area (Å²) in [5, 5.41) is 0. The first-order valence-corrected chi connectivity index (χ1v) is 57.1. The number of unbranched alkanes of at least 4 members (excludes halogenated alkanes) is 24. The zero-order valence-corrected chi connectivity index (χ0v) is 82.6. The summed E-state index contributed by atoms with van der Waals surface area (Å²) in [6, 6.07) is 65.6. The lowest BCUT2D eigenvalue weighted by atomic mass is 10.1. The monoisotopic (exact) mass is 1890 g/mol. The number of esters is 8. The maximum absolute atomic E-state index is 13.2. The van der Waals surface area contributed by atoms with Crippen LogP contribution in [0.2, 0.25) is 51.4 Å². The molecule has 0 bridgehead atoms. The van der Waals surface area contributed by atoms with Gasteiger partial charge in [0.1, 0.15) is 69.0 Å². The molecule has 135 heavy (non-hydrogen) atoms. The Morgan fingerprint density at radius 1 is 0.193 bits per heavy atom. The third-order valence-electron chi connectivity index (χ3n) is 22.5. The van der Waals surface area contributed by atoms with E-state index in [1.165, 1.54) is 225 Å². The molecule has 25 heteroatoms. The molecule has 0 atom stereocenters. The van der Waals surface area contributed by atoms with Gasteiger partial charge in [-0.3, -0.25) is 0 Å². The van der Waals surface area contributed by atoms with E-state index in [0.29, 0.717) is 71.7 Å². The van der Waals surface area contributed by atoms with E-state index in [1.807, 2.05) is 0 Å². The first-order valence-electron chi connectivity index (χ1n) is 48.0. The fraction of sp³-hybridized carbons (Fsp3) is 0.382. The lowest BCUT2D eigenvalue weighted by Gasteiger charge is -2.39. The smallest absolute Gasteiger partial charge is 0.343 e. The molecule has 0 radical (unpaired) electrons. The summed E-state index contributed by atoms with van der Waals surface area (Å²) in [5.41, 5.74) is 2.22. The summed E-state index contributed by atoms with van der Waals surface area (Å²) >= 11 is 0. The first-order chi connectivity index (χ1) is 65.3. The van der Waals surface area contributed by atoms with Crippen LogP contribution in [0.1, 0.15) is 276 Å². The number of carbonyl (C=O) groups excluding carboxylic acids is 8.